The lowest BCUT2D eigenvalue weighted by Crippen LogP contribution is -2.47. The molecular weight excluding hydrogens is 549 g/mol. The topological polar surface area (TPSA) is 114 Å². The van der Waals surface area contributed by atoms with Crippen LogP contribution < -0.4 is 10.2 Å². The summed E-state index contributed by atoms with van der Waals surface area (Å²) >= 11 is 0. The molecule has 10 heteroatoms. The Morgan fingerprint density at radius 1 is 0.907 bits per heavy atom. The van der Waals surface area contributed by atoms with E-state index < -0.39 is 17.9 Å². The molecule has 1 saturated heterocycles. The van der Waals surface area contributed by atoms with Gasteiger partial charge in [0.05, 0.1) is 40.9 Å². The molecule has 2 aliphatic heterocycles. The van der Waals surface area contributed by atoms with Gasteiger partial charge in [0, 0.05) is 51.4 Å². The summed E-state index contributed by atoms with van der Waals surface area (Å²) in [6, 6.07) is 18.9. The molecule has 2 fully saturated rings. The number of amides is 2. The minimum absolute atomic E-state index is 0.162. The average Bonchev–Trinajstić information content (AvgIpc) is 3.27. The number of ketones is 2. The number of nitrogens with one attached hydrogen (secondary N) is 1. The number of hydrogen-bond donors (Lipinski definition) is 1. The van der Waals surface area contributed by atoms with Crippen LogP contribution in [-0.2, 0) is 22.7 Å². The highest BCUT2D eigenvalue weighted by Gasteiger charge is 2.45. The number of anilines is 2. The number of piperazine rings is 1. The van der Waals surface area contributed by atoms with Crippen molar-refractivity contribution in [3.63, 3.8) is 0 Å². The Morgan fingerprint density at radius 2 is 1.65 bits per heavy atom. The van der Waals surface area contributed by atoms with Crippen molar-refractivity contribution < 1.29 is 23.6 Å². The molecule has 0 spiro atoms. The Labute approximate surface area is 248 Å². The van der Waals surface area contributed by atoms with Crippen LogP contribution in [0.25, 0.3) is 0 Å². The van der Waals surface area contributed by atoms with Crippen LogP contribution in [0.1, 0.15) is 56.7 Å². The molecule has 1 unspecified atom stereocenters. The first-order valence-electron chi connectivity index (χ1n) is 14.4. The van der Waals surface area contributed by atoms with Gasteiger partial charge in [0.15, 0.2) is 5.78 Å². The maximum atomic E-state index is 14.4. The summed E-state index contributed by atoms with van der Waals surface area (Å²) < 4.78 is 14.4. The Bertz CT molecular complexity index is 1660. The highest BCUT2D eigenvalue weighted by Crippen LogP contribution is 2.33. The van der Waals surface area contributed by atoms with Crippen molar-refractivity contribution in [3.05, 3.63) is 94.3 Å². The van der Waals surface area contributed by atoms with Crippen molar-refractivity contribution in [3.8, 4) is 6.07 Å². The molecule has 3 aromatic rings. The van der Waals surface area contributed by atoms with E-state index in [2.05, 4.69) is 22.3 Å². The predicted octanol–water partition coefficient (Wildman–Crippen LogP) is 3.92. The molecule has 0 bridgehead atoms. The zero-order valence-corrected chi connectivity index (χ0v) is 23.5. The monoisotopic (exact) mass is 579 g/mol. The maximum Gasteiger partial charge on any atom is 0.264 e. The molecule has 1 aliphatic carbocycles. The third-order valence-corrected chi connectivity index (χ3v) is 8.40. The number of nitrogens with zero attached hydrogens (tertiary/aromatic N) is 4. The normalized spacial score (nSPS) is 19.0. The fraction of sp³-hybridized carbons (Fsp3) is 0.303. The second-order valence-electron chi connectivity index (χ2n) is 11.2. The molecule has 0 radical (unpaired) electrons. The van der Waals surface area contributed by atoms with E-state index in [1.54, 1.807) is 30.3 Å². The van der Waals surface area contributed by atoms with Gasteiger partial charge in [0.2, 0.25) is 0 Å². The van der Waals surface area contributed by atoms with Crippen LogP contribution >= 0.6 is 0 Å². The first-order chi connectivity index (χ1) is 20.8. The van der Waals surface area contributed by atoms with Gasteiger partial charge in [0.25, 0.3) is 11.8 Å². The molecule has 9 nitrogen and oxygen atoms in total. The van der Waals surface area contributed by atoms with Gasteiger partial charge < -0.3 is 10.2 Å². The number of imide groups is 1. The zero-order valence-electron chi connectivity index (χ0n) is 23.5. The molecule has 1 saturated carbocycles. The van der Waals surface area contributed by atoms with E-state index in [1.165, 1.54) is 6.07 Å². The summed E-state index contributed by atoms with van der Waals surface area (Å²) in [5.74, 6) is -1.92. The SMILES string of the molecule is N#Cc1ccc(N2CCN(Cc3ccc(CNc4cccc5c4C(=O)N(C4CCC(=O)CC4=O)C5=O)cc3)CC2)c(F)c1. The summed E-state index contributed by atoms with van der Waals surface area (Å²) in [6.45, 7) is 4.16. The van der Waals surface area contributed by atoms with Crippen molar-refractivity contribution in [2.75, 3.05) is 36.4 Å². The molecule has 0 aromatic heterocycles. The Kier molecular flexibility index (Phi) is 7.74. The molecular formula is C33H30FN5O4. The highest BCUT2D eigenvalue weighted by molar-refractivity contribution is 6.25. The van der Waals surface area contributed by atoms with Crippen LogP contribution in [0.3, 0.4) is 0 Å². The van der Waals surface area contributed by atoms with E-state index >= 15 is 0 Å². The van der Waals surface area contributed by atoms with E-state index in [9.17, 15) is 23.6 Å². The fourth-order valence-corrected chi connectivity index (χ4v) is 6.06. The van der Waals surface area contributed by atoms with Crippen LogP contribution in [0.5, 0.6) is 0 Å². The van der Waals surface area contributed by atoms with Crippen molar-refractivity contribution in [2.45, 2.75) is 38.4 Å². The zero-order chi connectivity index (χ0) is 30.1. The van der Waals surface area contributed by atoms with Crippen molar-refractivity contribution in [2.24, 2.45) is 0 Å². The maximum absolute atomic E-state index is 14.4. The van der Waals surface area contributed by atoms with Gasteiger partial charge in [-0.25, -0.2) is 4.39 Å². The van der Waals surface area contributed by atoms with E-state index in [1.807, 2.05) is 23.1 Å². The molecule has 1 N–H and O–H groups in total. The predicted molar refractivity (Wildman–Crippen MR) is 157 cm³/mol. The van der Waals surface area contributed by atoms with Crippen molar-refractivity contribution in [1.82, 2.24) is 9.80 Å². The van der Waals surface area contributed by atoms with Crippen LogP contribution in [0, 0.1) is 17.1 Å². The Morgan fingerprint density at radius 3 is 2.35 bits per heavy atom. The minimum atomic E-state index is -0.898. The number of carbonyl (C=O) groups excluding carboxylic acids is 4. The molecule has 2 heterocycles. The molecule has 6 rings (SSSR count). The standard InChI is InChI=1S/C33H30FN5O4/c34-26-16-23(18-35)8-10-28(26)38-14-12-37(13-15-38)20-22-6-4-21(5-7-22)19-36-27-3-1-2-25-31(27)33(43)39(32(25)42)29-11-9-24(40)17-30(29)41/h1-8,10,16,29,36H,9,11-15,17,19-20H2. The van der Waals surface area contributed by atoms with Gasteiger partial charge in [-0.05, 0) is 47.9 Å². The van der Waals surface area contributed by atoms with Crippen molar-refractivity contribution in [1.29, 1.82) is 5.26 Å². The fourth-order valence-electron chi connectivity index (χ4n) is 6.06. The van der Waals surface area contributed by atoms with E-state index in [-0.39, 0.29) is 47.8 Å². The molecule has 218 valence electrons. The number of hydrogen-bond acceptors (Lipinski definition) is 8. The van der Waals surface area contributed by atoms with Gasteiger partial charge >= 0.3 is 0 Å². The largest absolute Gasteiger partial charge is 0.380 e. The van der Waals surface area contributed by atoms with Gasteiger partial charge in [-0.15, -0.1) is 0 Å². The number of Topliss-reactive ketones (excluding diaryl/α,β-unsaturated/α-hetero) is 2. The number of fused-ring (bicyclic) bond motifs is 1. The lowest BCUT2D eigenvalue weighted by Gasteiger charge is -2.36. The first kappa shape index (κ1) is 28.2. The Hall–Kier alpha value is -4.88. The molecule has 1 atom stereocenters. The first-order valence-corrected chi connectivity index (χ1v) is 14.4. The van der Waals surface area contributed by atoms with Gasteiger partial charge in [-0.2, -0.15) is 5.26 Å². The van der Waals surface area contributed by atoms with Crippen LogP contribution in [0.4, 0.5) is 15.8 Å². The van der Waals surface area contributed by atoms with Crippen LogP contribution in [-0.4, -0.2) is 65.4 Å². The number of rotatable bonds is 7. The lowest BCUT2D eigenvalue weighted by molar-refractivity contribution is -0.132. The van der Waals surface area contributed by atoms with Gasteiger partial charge in [-0.3, -0.25) is 29.0 Å². The van der Waals surface area contributed by atoms with Gasteiger partial charge in [0.1, 0.15) is 11.6 Å². The van der Waals surface area contributed by atoms with Gasteiger partial charge in [-0.1, -0.05) is 30.3 Å². The van der Waals surface area contributed by atoms with Crippen molar-refractivity contribution >= 4 is 34.8 Å². The molecule has 43 heavy (non-hydrogen) atoms. The van der Waals surface area contributed by atoms with E-state index in [0.717, 1.165) is 35.7 Å². The molecule has 2 amide bonds. The summed E-state index contributed by atoms with van der Waals surface area (Å²) in [5, 5.41) is 12.3. The minimum Gasteiger partial charge on any atom is -0.380 e. The second-order valence-corrected chi connectivity index (χ2v) is 11.2. The number of carbonyl (C=O) groups is 4. The Balaban J connectivity index is 1.05. The summed E-state index contributed by atoms with van der Waals surface area (Å²) in [5.41, 5.74) is 4.03. The van der Waals surface area contributed by atoms with Crippen LogP contribution in [0.2, 0.25) is 0 Å². The molecule has 3 aliphatic rings. The summed E-state index contributed by atoms with van der Waals surface area (Å²) in [7, 11) is 0. The lowest BCUT2D eigenvalue weighted by atomic mass is 9.92. The van der Waals surface area contributed by atoms with E-state index in [0.29, 0.717) is 36.6 Å². The average molecular weight is 580 g/mol. The molecule has 3 aromatic carbocycles. The summed E-state index contributed by atoms with van der Waals surface area (Å²) in [4.78, 5) is 55.9. The number of halogens is 1. The number of benzene rings is 3. The third kappa shape index (κ3) is 5.64. The highest BCUT2D eigenvalue weighted by atomic mass is 19.1. The number of nitriles is 1. The second kappa shape index (κ2) is 11.8. The van der Waals surface area contributed by atoms with E-state index in [4.69, 9.17) is 5.26 Å². The van der Waals surface area contributed by atoms with Crippen LogP contribution in [0.15, 0.2) is 60.7 Å². The summed E-state index contributed by atoms with van der Waals surface area (Å²) in [6.07, 6.45) is 0.108. The smallest absolute Gasteiger partial charge is 0.264 e. The quantitative estimate of drug-likeness (QED) is 0.331. The third-order valence-electron chi connectivity index (χ3n) is 8.40.